The molecule has 23 heavy (non-hydrogen) atoms. The molecule has 0 bridgehead atoms. The minimum absolute atomic E-state index is 0.0133. The van der Waals surface area contributed by atoms with E-state index in [0.717, 1.165) is 16.8 Å². The largest absolute Gasteiger partial charge is 0.347 e. The van der Waals surface area contributed by atoms with Crippen LogP contribution in [0.15, 0.2) is 48.5 Å². The molecule has 0 fully saturated rings. The molecule has 0 radical (unpaired) electrons. The molecule has 0 atom stereocenters. The molecule has 0 aliphatic heterocycles. The summed E-state index contributed by atoms with van der Waals surface area (Å²) in [6.07, 6.45) is 1.05. The van der Waals surface area contributed by atoms with Gasteiger partial charge >= 0.3 is 0 Å². The summed E-state index contributed by atoms with van der Waals surface area (Å²) in [5, 5.41) is 5.43. The Morgan fingerprint density at radius 2 is 1.65 bits per heavy atom. The lowest BCUT2D eigenvalue weighted by molar-refractivity contribution is -0.124. The summed E-state index contributed by atoms with van der Waals surface area (Å²) >= 11 is 0. The number of carbonyl (C=O) groups excluding carboxylic acids is 2. The maximum absolute atomic E-state index is 11.9. The molecule has 120 valence electrons. The van der Waals surface area contributed by atoms with Crippen molar-refractivity contribution >= 4 is 17.5 Å². The van der Waals surface area contributed by atoms with E-state index in [2.05, 4.69) is 10.6 Å². The Bertz CT molecular complexity index is 681. The molecule has 2 N–H and O–H groups in total. The topological polar surface area (TPSA) is 58.2 Å². The zero-order valence-corrected chi connectivity index (χ0v) is 13.6. The van der Waals surface area contributed by atoms with Crippen LogP contribution in [0.4, 0.5) is 5.69 Å². The number of hydrogen-bond acceptors (Lipinski definition) is 2. The highest BCUT2D eigenvalue weighted by molar-refractivity contribution is 5.94. The van der Waals surface area contributed by atoms with E-state index in [1.54, 1.807) is 0 Å². The van der Waals surface area contributed by atoms with Crippen molar-refractivity contribution in [1.29, 1.82) is 0 Å². The zero-order chi connectivity index (χ0) is 16.7. The van der Waals surface area contributed by atoms with Crippen LogP contribution in [0.1, 0.15) is 23.1 Å². The fourth-order valence-corrected chi connectivity index (χ4v) is 2.19. The molecule has 0 saturated carbocycles. The number of aryl methyl sites for hydroxylation is 3. The molecule has 4 nitrogen and oxygen atoms in total. The summed E-state index contributed by atoms with van der Waals surface area (Å²) in [7, 11) is 0. The Morgan fingerprint density at radius 1 is 0.913 bits per heavy atom. The summed E-state index contributed by atoms with van der Waals surface area (Å²) in [6.45, 7) is 4.00. The lowest BCUT2D eigenvalue weighted by Crippen LogP contribution is -2.32. The van der Waals surface area contributed by atoms with Gasteiger partial charge in [-0.25, -0.2) is 0 Å². The van der Waals surface area contributed by atoms with Crippen molar-refractivity contribution in [3.63, 3.8) is 0 Å². The van der Waals surface area contributed by atoms with Crippen molar-refractivity contribution < 1.29 is 9.59 Å². The van der Waals surface area contributed by atoms with Crippen molar-refractivity contribution in [3.8, 4) is 0 Å². The molecule has 2 aromatic rings. The fourth-order valence-electron chi connectivity index (χ4n) is 2.19. The first-order valence-corrected chi connectivity index (χ1v) is 7.72. The van der Waals surface area contributed by atoms with Crippen LogP contribution in [-0.2, 0) is 16.0 Å². The molecule has 2 rings (SSSR count). The standard InChI is InChI=1S/C19H22N2O2/c1-14-8-10-17(12-15(14)2)21-19(23)13-20-18(22)11-9-16-6-4-3-5-7-16/h3-8,10,12H,9,11,13H2,1-2H3,(H,20,22)(H,21,23). The summed E-state index contributed by atoms with van der Waals surface area (Å²) in [4.78, 5) is 23.6. The van der Waals surface area contributed by atoms with Gasteiger partial charge in [0, 0.05) is 12.1 Å². The second-order valence-electron chi connectivity index (χ2n) is 5.61. The predicted octanol–water partition coefficient (Wildman–Crippen LogP) is 2.99. The van der Waals surface area contributed by atoms with Crippen LogP contribution in [-0.4, -0.2) is 18.4 Å². The van der Waals surface area contributed by atoms with Gasteiger partial charge in [-0.05, 0) is 49.1 Å². The third-order valence-corrected chi connectivity index (χ3v) is 3.72. The van der Waals surface area contributed by atoms with E-state index in [1.807, 2.05) is 62.4 Å². The first-order chi connectivity index (χ1) is 11.0. The summed E-state index contributed by atoms with van der Waals surface area (Å²) in [5.74, 6) is -0.342. The fraction of sp³-hybridized carbons (Fsp3) is 0.263. The SMILES string of the molecule is Cc1ccc(NC(=O)CNC(=O)CCc2ccccc2)cc1C. The number of nitrogens with one attached hydrogen (secondary N) is 2. The van der Waals surface area contributed by atoms with Crippen molar-refractivity contribution in [2.45, 2.75) is 26.7 Å². The third kappa shape index (κ3) is 5.58. The van der Waals surface area contributed by atoms with Gasteiger partial charge in [-0.2, -0.15) is 0 Å². The number of carbonyl (C=O) groups is 2. The Balaban J connectivity index is 1.73. The van der Waals surface area contributed by atoms with E-state index in [9.17, 15) is 9.59 Å². The lowest BCUT2D eigenvalue weighted by Gasteiger charge is -2.09. The number of anilines is 1. The van der Waals surface area contributed by atoms with Crippen LogP contribution in [0.25, 0.3) is 0 Å². The van der Waals surface area contributed by atoms with Gasteiger partial charge in [0.25, 0.3) is 0 Å². The van der Waals surface area contributed by atoms with Crippen molar-refractivity contribution in [2.75, 3.05) is 11.9 Å². The van der Waals surface area contributed by atoms with E-state index in [0.29, 0.717) is 12.8 Å². The number of hydrogen-bond donors (Lipinski definition) is 2. The summed E-state index contributed by atoms with van der Waals surface area (Å²) in [6, 6.07) is 15.6. The second kappa shape index (κ2) is 8.13. The van der Waals surface area contributed by atoms with Gasteiger partial charge in [0.15, 0.2) is 0 Å². The summed E-state index contributed by atoms with van der Waals surface area (Å²) < 4.78 is 0. The van der Waals surface area contributed by atoms with Gasteiger partial charge in [0.05, 0.1) is 6.54 Å². The quantitative estimate of drug-likeness (QED) is 0.862. The lowest BCUT2D eigenvalue weighted by atomic mass is 10.1. The van der Waals surface area contributed by atoms with Gasteiger partial charge in [-0.1, -0.05) is 36.4 Å². The van der Waals surface area contributed by atoms with Gasteiger partial charge in [-0.3, -0.25) is 9.59 Å². The molecule has 0 heterocycles. The normalized spacial score (nSPS) is 10.2. The maximum Gasteiger partial charge on any atom is 0.243 e. The second-order valence-corrected chi connectivity index (χ2v) is 5.61. The molecular weight excluding hydrogens is 288 g/mol. The minimum atomic E-state index is -0.221. The first kappa shape index (κ1) is 16.7. The molecule has 0 aliphatic carbocycles. The molecule has 0 aliphatic rings. The van der Waals surface area contributed by atoms with Crippen LogP contribution in [0.3, 0.4) is 0 Å². The number of rotatable bonds is 6. The highest BCUT2D eigenvalue weighted by Gasteiger charge is 2.07. The van der Waals surface area contributed by atoms with E-state index in [4.69, 9.17) is 0 Å². The Morgan fingerprint density at radius 3 is 2.35 bits per heavy atom. The van der Waals surface area contributed by atoms with Crippen LogP contribution < -0.4 is 10.6 Å². The highest BCUT2D eigenvalue weighted by atomic mass is 16.2. The van der Waals surface area contributed by atoms with Gasteiger partial charge in [0.1, 0.15) is 0 Å². The van der Waals surface area contributed by atoms with Gasteiger partial charge < -0.3 is 10.6 Å². The first-order valence-electron chi connectivity index (χ1n) is 7.72. The van der Waals surface area contributed by atoms with E-state index in [-0.39, 0.29) is 18.4 Å². The molecule has 4 heteroatoms. The number of amides is 2. The zero-order valence-electron chi connectivity index (χ0n) is 13.6. The molecule has 0 spiro atoms. The van der Waals surface area contributed by atoms with Crippen molar-refractivity contribution in [3.05, 3.63) is 65.2 Å². The highest BCUT2D eigenvalue weighted by Crippen LogP contribution is 2.13. The van der Waals surface area contributed by atoms with Crippen LogP contribution in [0, 0.1) is 13.8 Å². The molecule has 0 unspecified atom stereocenters. The van der Waals surface area contributed by atoms with Crippen molar-refractivity contribution in [1.82, 2.24) is 5.32 Å². The Labute approximate surface area is 136 Å². The summed E-state index contributed by atoms with van der Waals surface area (Å²) in [5.41, 5.74) is 4.16. The Kier molecular flexibility index (Phi) is 5.92. The van der Waals surface area contributed by atoms with Crippen molar-refractivity contribution in [2.24, 2.45) is 0 Å². The molecule has 0 saturated heterocycles. The van der Waals surface area contributed by atoms with Crippen LogP contribution in [0.5, 0.6) is 0 Å². The molecule has 2 aromatic carbocycles. The van der Waals surface area contributed by atoms with E-state index < -0.39 is 0 Å². The maximum atomic E-state index is 11.9. The molecule has 2 amide bonds. The van der Waals surface area contributed by atoms with Gasteiger partial charge in [0.2, 0.25) is 11.8 Å². The Hall–Kier alpha value is -2.62. The molecular formula is C19H22N2O2. The number of benzene rings is 2. The predicted molar refractivity (Wildman–Crippen MR) is 92.3 cm³/mol. The van der Waals surface area contributed by atoms with Gasteiger partial charge in [-0.15, -0.1) is 0 Å². The monoisotopic (exact) mass is 310 g/mol. The third-order valence-electron chi connectivity index (χ3n) is 3.72. The van der Waals surface area contributed by atoms with Crippen LogP contribution >= 0.6 is 0 Å². The van der Waals surface area contributed by atoms with Crippen LogP contribution in [0.2, 0.25) is 0 Å². The van der Waals surface area contributed by atoms with E-state index >= 15 is 0 Å². The minimum Gasteiger partial charge on any atom is -0.347 e. The average molecular weight is 310 g/mol. The smallest absolute Gasteiger partial charge is 0.243 e. The molecule has 0 aromatic heterocycles. The average Bonchev–Trinajstić information content (AvgIpc) is 2.55. The van der Waals surface area contributed by atoms with E-state index in [1.165, 1.54) is 5.56 Å².